The fraction of sp³-hybridized carbons (Fsp3) is 0.857. The molecule has 19 heavy (non-hydrogen) atoms. The third-order valence-electron chi connectivity index (χ3n) is 3.45. The molecule has 0 aromatic carbocycles. The second-order valence-corrected chi connectivity index (χ2v) is 5.84. The van der Waals surface area contributed by atoms with Crippen LogP contribution in [0.4, 0.5) is 0 Å². The second-order valence-electron chi connectivity index (χ2n) is 5.84. The summed E-state index contributed by atoms with van der Waals surface area (Å²) in [5.41, 5.74) is 5.61. The van der Waals surface area contributed by atoms with Crippen LogP contribution in [-0.2, 0) is 9.59 Å². The van der Waals surface area contributed by atoms with Gasteiger partial charge in [-0.05, 0) is 38.6 Å². The summed E-state index contributed by atoms with van der Waals surface area (Å²) in [5.74, 6) is -0.132. The van der Waals surface area contributed by atoms with Gasteiger partial charge in [0.05, 0.1) is 0 Å². The molecule has 0 rings (SSSR count). The van der Waals surface area contributed by atoms with Crippen LogP contribution in [0.15, 0.2) is 0 Å². The Bertz CT molecular complexity index is 303. The highest BCUT2D eigenvalue weighted by atomic mass is 16.2. The van der Waals surface area contributed by atoms with Gasteiger partial charge in [0, 0.05) is 20.0 Å². The molecule has 5 nitrogen and oxygen atoms in total. The topological polar surface area (TPSA) is 75.4 Å². The minimum atomic E-state index is -0.463. The Hall–Kier alpha value is -1.10. The van der Waals surface area contributed by atoms with Crippen molar-refractivity contribution in [2.75, 3.05) is 20.1 Å². The van der Waals surface area contributed by atoms with Gasteiger partial charge in [-0.1, -0.05) is 13.8 Å². The molecule has 0 fully saturated rings. The zero-order valence-corrected chi connectivity index (χ0v) is 13.0. The molecule has 0 saturated carbocycles. The predicted octanol–water partition coefficient (Wildman–Crippen LogP) is 1.12. The molecule has 0 aliphatic heterocycles. The van der Waals surface area contributed by atoms with Crippen molar-refractivity contribution >= 4 is 11.8 Å². The number of nitrogens with zero attached hydrogens (tertiary/aromatic N) is 1. The molecule has 0 aliphatic carbocycles. The average molecular weight is 271 g/mol. The SMILES string of the molecule is CCN(C)C(=O)C(C)NC(=O)CCC(C)(C)CCN. The van der Waals surface area contributed by atoms with E-state index in [2.05, 4.69) is 19.2 Å². The van der Waals surface area contributed by atoms with E-state index in [0.717, 1.165) is 12.8 Å². The molecule has 1 unspecified atom stereocenters. The molecule has 2 amide bonds. The number of likely N-dealkylation sites (N-methyl/N-ethyl adjacent to an activating group) is 1. The van der Waals surface area contributed by atoms with E-state index in [9.17, 15) is 9.59 Å². The Morgan fingerprint density at radius 3 is 2.37 bits per heavy atom. The lowest BCUT2D eigenvalue weighted by Gasteiger charge is -2.24. The standard InChI is InChI=1S/C14H29N3O2/c1-6-17(5)13(19)11(2)16-12(18)7-8-14(3,4)9-10-15/h11H,6-10,15H2,1-5H3,(H,16,18). The third kappa shape index (κ3) is 7.15. The van der Waals surface area contributed by atoms with Crippen LogP contribution < -0.4 is 11.1 Å². The van der Waals surface area contributed by atoms with Crippen molar-refractivity contribution in [1.29, 1.82) is 0 Å². The number of nitrogens with one attached hydrogen (secondary N) is 1. The van der Waals surface area contributed by atoms with E-state index >= 15 is 0 Å². The Kier molecular flexibility index (Phi) is 7.68. The molecule has 0 aromatic rings. The Morgan fingerprint density at radius 2 is 1.89 bits per heavy atom. The summed E-state index contributed by atoms with van der Waals surface area (Å²) in [7, 11) is 1.73. The van der Waals surface area contributed by atoms with E-state index < -0.39 is 6.04 Å². The number of hydrogen-bond acceptors (Lipinski definition) is 3. The van der Waals surface area contributed by atoms with Crippen LogP contribution in [0.1, 0.15) is 47.0 Å². The van der Waals surface area contributed by atoms with Gasteiger partial charge in [-0.25, -0.2) is 0 Å². The van der Waals surface area contributed by atoms with Crippen LogP contribution in [0.5, 0.6) is 0 Å². The molecule has 3 N–H and O–H groups in total. The number of carbonyl (C=O) groups excluding carboxylic acids is 2. The van der Waals surface area contributed by atoms with Crippen LogP contribution in [0.2, 0.25) is 0 Å². The smallest absolute Gasteiger partial charge is 0.244 e. The van der Waals surface area contributed by atoms with Gasteiger partial charge in [-0.2, -0.15) is 0 Å². The summed E-state index contributed by atoms with van der Waals surface area (Å²) in [6.07, 6.45) is 2.11. The van der Waals surface area contributed by atoms with Gasteiger partial charge in [0.15, 0.2) is 0 Å². The Morgan fingerprint density at radius 1 is 1.32 bits per heavy atom. The predicted molar refractivity (Wildman–Crippen MR) is 77.6 cm³/mol. The van der Waals surface area contributed by atoms with Gasteiger partial charge in [0.1, 0.15) is 6.04 Å². The van der Waals surface area contributed by atoms with Crippen molar-refractivity contribution in [1.82, 2.24) is 10.2 Å². The highest BCUT2D eigenvalue weighted by molar-refractivity contribution is 5.87. The Balaban J connectivity index is 4.15. The van der Waals surface area contributed by atoms with Crippen molar-refractivity contribution in [3.63, 3.8) is 0 Å². The van der Waals surface area contributed by atoms with Crippen molar-refractivity contribution in [3.05, 3.63) is 0 Å². The molecule has 0 spiro atoms. The normalized spacial score (nSPS) is 12.9. The molecule has 0 heterocycles. The third-order valence-corrected chi connectivity index (χ3v) is 3.45. The minimum absolute atomic E-state index is 0.0583. The van der Waals surface area contributed by atoms with Gasteiger partial charge < -0.3 is 16.0 Å². The van der Waals surface area contributed by atoms with Crippen LogP contribution in [0, 0.1) is 5.41 Å². The van der Waals surface area contributed by atoms with E-state index in [4.69, 9.17) is 5.73 Å². The van der Waals surface area contributed by atoms with Crippen molar-refractivity contribution in [3.8, 4) is 0 Å². The number of amides is 2. The molecule has 0 aromatic heterocycles. The number of hydrogen-bond donors (Lipinski definition) is 2. The zero-order valence-electron chi connectivity index (χ0n) is 13.0. The lowest BCUT2D eigenvalue weighted by Crippen LogP contribution is -2.45. The summed E-state index contributed by atoms with van der Waals surface area (Å²) in [6.45, 7) is 9.10. The first-order valence-corrected chi connectivity index (χ1v) is 6.98. The number of carbonyl (C=O) groups is 2. The van der Waals surface area contributed by atoms with Crippen LogP contribution >= 0.6 is 0 Å². The first kappa shape index (κ1) is 17.9. The molecular formula is C14H29N3O2. The number of nitrogens with two attached hydrogens (primary N) is 1. The van der Waals surface area contributed by atoms with E-state index in [1.807, 2.05) is 6.92 Å². The van der Waals surface area contributed by atoms with Gasteiger partial charge in [0.2, 0.25) is 11.8 Å². The minimum Gasteiger partial charge on any atom is -0.345 e. The lowest BCUT2D eigenvalue weighted by atomic mass is 9.84. The van der Waals surface area contributed by atoms with Gasteiger partial charge >= 0.3 is 0 Å². The molecule has 1 atom stereocenters. The average Bonchev–Trinajstić information content (AvgIpc) is 2.34. The molecule has 0 saturated heterocycles. The monoisotopic (exact) mass is 271 g/mol. The van der Waals surface area contributed by atoms with E-state index in [0.29, 0.717) is 19.5 Å². The first-order valence-electron chi connectivity index (χ1n) is 6.98. The summed E-state index contributed by atoms with van der Waals surface area (Å²) in [4.78, 5) is 25.2. The van der Waals surface area contributed by atoms with Crippen molar-refractivity contribution in [2.24, 2.45) is 11.1 Å². The van der Waals surface area contributed by atoms with Crippen molar-refractivity contribution < 1.29 is 9.59 Å². The quantitative estimate of drug-likeness (QED) is 0.695. The molecule has 0 radical (unpaired) electrons. The maximum absolute atomic E-state index is 11.8. The van der Waals surface area contributed by atoms with E-state index in [-0.39, 0.29) is 17.2 Å². The Labute approximate surface area is 116 Å². The second kappa shape index (κ2) is 8.15. The summed E-state index contributed by atoms with van der Waals surface area (Å²) in [6, 6.07) is -0.463. The highest BCUT2D eigenvalue weighted by Gasteiger charge is 2.21. The first-order chi connectivity index (χ1) is 8.73. The van der Waals surface area contributed by atoms with Crippen LogP contribution in [0.3, 0.4) is 0 Å². The van der Waals surface area contributed by atoms with Gasteiger partial charge in [0.25, 0.3) is 0 Å². The van der Waals surface area contributed by atoms with Crippen molar-refractivity contribution in [2.45, 2.75) is 53.0 Å². The highest BCUT2D eigenvalue weighted by Crippen LogP contribution is 2.25. The van der Waals surface area contributed by atoms with Crippen LogP contribution in [0.25, 0.3) is 0 Å². The number of rotatable bonds is 8. The fourth-order valence-corrected chi connectivity index (χ4v) is 1.83. The summed E-state index contributed by atoms with van der Waals surface area (Å²) >= 11 is 0. The zero-order chi connectivity index (χ0) is 15.1. The molecule has 5 heteroatoms. The van der Waals surface area contributed by atoms with Crippen LogP contribution in [-0.4, -0.2) is 42.9 Å². The fourth-order valence-electron chi connectivity index (χ4n) is 1.83. The summed E-state index contributed by atoms with van der Waals surface area (Å²) < 4.78 is 0. The molecule has 0 bridgehead atoms. The molecule has 0 aliphatic rings. The van der Waals surface area contributed by atoms with E-state index in [1.165, 1.54) is 0 Å². The maximum Gasteiger partial charge on any atom is 0.244 e. The molecule has 112 valence electrons. The summed E-state index contributed by atoms with van der Waals surface area (Å²) in [5, 5.41) is 2.75. The largest absolute Gasteiger partial charge is 0.345 e. The van der Waals surface area contributed by atoms with Gasteiger partial charge in [-0.3, -0.25) is 9.59 Å². The lowest BCUT2D eigenvalue weighted by molar-refractivity contribution is -0.134. The molecular weight excluding hydrogens is 242 g/mol. The maximum atomic E-state index is 11.8. The van der Waals surface area contributed by atoms with Gasteiger partial charge in [-0.15, -0.1) is 0 Å². The van der Waals surface area contributed by atoms with E-state index in [1.54, 1.807) is 18.9 Å².